The van der Waals surface area contributed by atoms with E-state index in [4.69, 9.17) is 5.73 Å². The standard InChI is InChI=1S/C14H19FN2O/c1-9-4-3-5-12(13(9)15)14(18)17(2)8-10-6-11(16)7-10/h3-5,10-11H,6-8,16H2,1-2H3. The molecule has 0 aromatic heterocycles. The number of benzene rings is 1. The summed E-state index contributed by atoms with van der Waals surface area (Å²) in [5.74, 6) is -0.210. The fraction of sp³-hybridized carbons (Fsp3) is 0.500. The fourth-order valence-electron chi connectivity index (χ4n) is 2.42. The van der Waals surface area contributed by atoms with E-state index in [-0.39, 0.29) is 17.5 Å². The molecule has 2 N–H and O–H groups in total. The van der Waals surface area contributed by atoms with Gasteiger partial charge in [0.25, 0.3) is 5.91 Å². The Kier molecular flexibility index (Phi) is 3.66. The van der Waals surface area contributed by atoms with E-state index in [0.717, 1.165) is 12.8 Å². The van der Waals surface area contributed by atoms with Crippen LogP contribution < -0.4 is 5.73 Å². The average molecular weight is 250 g/mol. The van der Waals surface area contributed by atoms with Gasteiger partial charge in [0, 0.05) is 19.6 Å². The Hall–Kier alpha value is -1.42. The van der Waals surface area contributed by atoms with Gasteiger partial charge in [-0.3, -0.25) is 4.79 Å². The molecule has 4 heteroatoms. The second-order valence-corrected chi connectivity index (χ2v) is 5.22. The molecule has 98 valence electrons. The van der Waals surface area contributed by atoms with Crippen molar-refractivity contribution in [3.63, 3.8) is 0 Å². The van der Waals surface area contributed by atoms with Gasteiger partial charge in [-0.2, -0.15) is 0 Å². The topological polar surface area (TPSA) is 46.3 Å². The molecule has 2 rings (SSSR count). The van der Waals surface area contributed by atoms with Crippen LogP contribution in [0.15, 0.2) is 18.2 Å². The molecule has 3 nitrogen and oxygen atoms in total. The van der Waals surface area contributed by atoms with Crippen molar-refractivity contribution in [3.8, 4) is 0 Å². The van der Waals surface area contributed by atoms with Crippen LogP contribution in [-0.2, 0) is 0 Å². The lowest BCUT2D eigenvalue weighted by Gasteiger charge is -2.35. The van der Waals surface area contributed by atoms with Crippen LogP contribution in [0.5, 0.6) is 0 Å². The zero-order valence-corrected chi connectivity index (χ0v) is 10.8. The van der Waals surface area contributed by atoms with Crippen LogP contribution in [0, 0.1) is 18.7 Å². The third-order valence-electron chi connectivity index (χ3n) is 3.57. The highest BCUT2D eigenvalue weighted by Crippen LogP contribution is 2.26. The maximum atomic E-state index is 13.8. The molecule has 0 heterocycles. The van der Waals surface area contributed by atoms with Crippen LogP contribution in [0.4, 0.5) is 4.39 Å². The minimum atomic E-state index is -0.417. The predicted molar refractivity (Wildman–Crippen MR) is 68.8 cm³/mol. The quantitative estimate of drug-likeness (QED) is 0.891. The third-order valence-corrected chi connectivity index (χ3v) is 3.57. The van der Waals surface area contributed by atoms with Crippen molar-refractivity contribution in [1.29, 1.82) is 0 Å². The Bertz CT molecular complexity index is 455. The lowest BCUT2D eigenvalue weighted by molar-refractivity contribution is 0.0729. The zero-order valence-electron chi connectivity index (χ0n) is 10.8. The first-order chi connectivity index (χ1) is 8.49. The van der Waals surface area contributed by atoms with Crippen LogP contribution in [0.2, 0.25) is 0 Å². The van der Waals surface area contributed by atoms with E-state index >= 15 is 0 Å². The molecular weight excluding hydrogens is 231 g/mol. The largest absolute Gasteiger partial charge is 0.341 e. The number of hydrogen-bond donors (Lipinski definition) is 1. The molecule has 0 atom stereocenters. The molecule has 1 aromatic rings. The minimum absolute atomic E-state index is 0.154. The molecule has 0 saturated heterocycles. The Labute approximate surface area is 107 Å². The molecule has 0 radical (unpaired) electrons. The number of hydrogen-bond acceptors (Lipinski definition) is 2. The SMILES string of the molecule is Cc1cccc(C(=O)N(C)CC2CC(N)C2)c1F. The Morgan fingerprint density at radius 1 is 1.50 bits per heavy atom. The zero-order chi connectivity index (χ0) is 13.3. The van der Waals surface area contributed by atoms with Gasteiger partial charge in [-0.15, -0.1) is 0 Å². The van der Waals surface area contributed by atoms with Crippen molar-refractivity contribution in [3.05, 3.63) is 35.1 Å². The summed E-state index contributed by atoms with van der Waals surface area (Å²) < 4.78 is 13.8. The van der Waals surface area contributed by atoms with E-state index in [9.17, 15) is 9.18 Å². The van der Waals surface area contributed by atoms with Crippen LogP contribution >= 0.6 is 0 Å². The van der Waals surface area contributed by atoms with Crippen LogP contribution in [-0.4, -0.2) is 30.4 Å². The molecule has 18 heavy (non-hydrogen) atoms. The smallest absolute Gasteiger partial charge is 0.256 e. The lowest BCUT2D eigenvalue weighted by Crippen LogP contribution is -2.43. The van der Waals surface area contributed by atoms with E-state index in [1.165, 1.54) is 6.07 Å². The van der Waals surface area contributed by atoms with Gasteiger partial charge in [0.2, 0.25) is 0 Å². The van der Waals surface area contributed by atoms with Crippen molar-refractivity contribution < 1.29 is 9.18 Å². The maximum Gasteiger partial charge on any atom is 0.256 e. The number of aryl methyl sites for hydroxylation is 1. The van der Waals surface area contributed by atoms with Gasteiger partial charge >= 0.3 is 0 Å². The Balaban J connectivity index is 2.04. The summed E-state index contributed by atoms with van der Waals surface area (Å²) in [4.78, 5) is 13.7. The monoisotopic (exact) mass is 250 g/mol. The van der Waals surface area contributed by atoms with Crippen molar-refractivity contribution in [1.82, 2.24) is 4.90 Å². The van der Waals surface area contributed by atoms with E-state index in [2.05, 4.69) is 0 Å². The number of halogens is 1. The molecule has 1 amide bonds. The van der Waals surface area contributed by atoms with Gasteiger partial charge in [-0.05, 0) is 37.3 Å². The second kappa shape index (κ2) is 5.06. The summed E-state index contributed by atoms with van der Waals surface area (Å²) >= 11 is 0. The van der Waals surface area contributed by atoms with Gasteiger partial charge < -0.3 is 10.6 Å². The number of amides is 1. The number of carbonyl (C=O) groups is 1. The molecule has 1 saturated carbocycles. The van der Waals surface area contributed by atoms with Crippen LogP contribution in [0.25, 0.3) is 0 Å². The minimum Gasteiger partial charge on any atom is -0.341 e. The van der Waals surface area contributed by atoms with Gasteiger partial charge in [0.05, 0.1) is 5.56 Å². The average Bonchev–Trinajstić information content (AvgIpc) is 2.30. The first-order valence-corrected chi connectivity index (χ1v) is 6.25. The van der Waals surface area contributed by atoms with Gasteiger partial charge in [-0.1, -0.05) is 12.1 Å². The molecular formula is C14H19FN2O. The molecule has 1 aliphatic rings. The van der Waals surface area contributed by atoms with Crippen molar-refractivity contribution in [2.75, 3.05) is 13.6 Å². The molecule has 1 aromatic carbocycles. The second-order valence-electron chi connectivity index (χ2n) is 5.22. The van der Waals surface area contributed by atoms with Gasteiger partial charge in [-0.25, -0.2) is 4.39 Å². The number of nitrogens with two attached hydrogens (primary N) is 1. The normalized spacial score (nSPS) is 22.4. The van der Waals surface area contributed by atoms with Crippen molar-refractivity contribution >= 4 is 5.91 Å². The maximum absolute atomic E-state index is 13.8. The molecule has 1 aliphatic carbocycles. The number of nitrogens with zero attached hydrogens (tertiary/aromatic N) is 1. The lowest BCUT2D eigenvalue weighted by atomic mass is 9.80. The van der Waals surface area contributed by atoms with E-state index < -0.39 is 5.82 Å². The fourth-order valence-corrected chi connectivity index (χ4v) is 2.42. The molecule has 0 spiro atoms. The summed E-state index contributed by atoms with van der Waals surface area (Å²) in [6.45, 7) is 2.32. The number of carbonyl (C=O) groups excluding carboxylic acids is 1. The summed E-state index contributed by atoms with van der Waals surface area (Å²) in [7, 11) is 1.72. The van der Waals surface area contributed by atoms with Crippen LogP contribution in [0.1, 0.15) is 28.8 Å². The van der Waals surface area contributed by atoms with Crippen LogP contribution in [0.3, 0.4) is 0 Å². The van der Waals surface area contributed by atoms with E-state index in [0.29, 0.717) is 18.0 Å². The highest BCUT2D eigenvalue weighted by molar-refractivity contribution is 5.94. The predicted octanol–water partition coefficient (Wildman–Crippen LogP) is 1.94. The summed E-state index contributed by atoms with van der Waals surface area (Å²) in [6, 6.07) is 5.18. The highest BCUT2D eigenvalue weighted by Gasteiger charge is 2.28. The first kappa shape index (κ1) is 13.0. The molecule has 0 unspecified atom stereocenters. The summed E-state index contributed by atoms with van der Waals surface area (Å²) in [5, 5.41) is 0. The van der Waals surface area contributed by atoms with Crippen molar-refractivity contribution in [2.45, 2.75) is 25.8 Å². The van der Waals surface area contributed by atoms with Gasteiger partial charge in [0.15, 0.2) is 0 Å². The molecule has 0 bridgehead atoms. The molecule has 0 aliphatic heterocycles. The molecule has 1 fully saturated rings. The number of rotatable bonds is 3. The van der Waals surface area contributed by atoms with E-state index in [1.807, 2.05) is 0 Å². The Morgan fingerprint density at radius 3 is 2.78 bits per heavy atom. The van der Waals surface area contributed by atoms with Crippen molar-refractivity contribution in [2.24, 2.45) is 11.7 Å². The summed E-state index contributed by atoms with van der Waals surface area (Å²) in [6.07, 6.45) is 1.90. The highest BCUT2D eigenvalue weighted by atomic mass is 19.1. The first-order valence-electron chi connectivity index (χ1n) is 6.25. The van der Waals surface area contributed by atoms with E-state index in [1.54, 1.807) is 31.0 Å². The Morgan fingerprint density at radius 2 is 2.17 bits per heavy atom. The summed E-state index contributed by atoms with van der Waals surface area (Å²) in [5.41, 5.74) is 6.37. The third kappa shape index (κ3) is 2.53. The van der Waals surface area contributed by atoms with Gasteiger partial charge in [0.1, 0.15) is 5.82 Å².